The molecule has 0 spiro atoms. The number of hydrazine groups is 1. The lowest BCUT2D eigenvalue weighted by molar-refractivity contribution is -0.124. The van der Waals surface area contributed by atoms with E-state index in [0.717, 1.165) is 25.6 Å². The smallest absolute Gasteiger partial charge is 0.276 e. The molecular weight excluding hydrogens is 570 g/mol. The highest BCUT2D eigenvalue weighted by molar-refractivity contribution is 9.11. The molecule has 0 bridgehead atoms. The van der Waals surface area contributed by atoms with Crippen LogP contribution in [0.1, 0.15) is 22.6 Å². The minimum absolute atomic E-state index is 0.0220. The van der Waals surface area contributed by atoms with Gasteiger partial charge in [-0.1, -0.05) is 76.6 Å². The van der Waals surface area contributed by atoms with E-state index in [-0.39, 0.29) is 17.6 Å². The van der Waals surface area contributed by atoms with Gasteiger partial charge in [-0.05, 0) is 63.9 Å². The van der Waals surface area contributed by atoms with Crippen molar-refractivity contribution >= 4 is 61.0 Å². The van der Waals surface area contributed by atoms with Gasteiger partial charge in [0.1, 0.15) is 5.75 Å². The zero-order valence-corrected chi connectivity index (χ0v) is 21.6. The largest absolute Gasteiger partial charge is 0.482 e. The van der Waals surface area contributed by atoms with Crippen molar-refractivity contribution in [1.29, 1.82) is 0 Å². The molecule has 3 rings (SSSR count). The van der Waals surface area contributed by atoms with Gasteiger partial charge in [-0.25, -0.2) is 0 Å². The first-order valence-electron chi connectivity index (χ1n) is 9.93. The summed E-state index contributed by atoms with van der Waals surface area (Å²) in [6, 6.07) is 22.5. The van der Waals surface area contributed by atoms with Crippen molar-refractivity contribution in [3.63, 3.8) is 0 Å². The Morgan fingerprint density at radius 3 is 2.06 bits per heavy atom. The van der Waals surface area contributed by atoms with E-state index in [1.54, 1.807) is 0 Å². The lowest BCUT2D eigenvalue weighted by Crippen LogP contribution is -2.50. The quantitative estimate of drug-likeness (QED) is 0.285. The second-order valence-electron chi connectivity index (χ2n) is 7.07. The summed E-state index contributed by atoms with van der Waals surface area (Å²) in [7, 11) is 0. The molecule has 0 unspecified atom stereocenters. The molecule has 0 aliphatic rings. The number of carbonyl (C=O) groups is 2. The molecule has 0 radical (unpaired) electrons. The second kappa shape index (κ2) is 11.9. The van der Waals surface area contributed by atoms with Crippen molar-refractivity contribution in [2.45, 2.75) is 12.8 Å². The summed E-state index contributed by atoms with van der Waals surface area (Å²) >= 11 is 12.0. The van der Waals surface area contributed by atoms with Gasteiger partial charge in [-0.15, -0.1) is 0 Å². The zero-order chi connectivity index (χ0) is 23.8. The van der Waals surface area contributed by atoms with Crippen molar-refractivity contribution in [3.05, 3.63) is 98.4 Å². The summed E-state index contributed by atoms with van der Waals surface area (Å²) in [5, 5.41) is 2.62. The summed E-state index contributed by atoms with van der Waals surface area (Å²) in [6.45, 7) is 1.64. The summed E-state index contributed by atoms with van der Waals surface area (Å²) in [6.07, 6.45) is 0. The topological polar surface area (TPSA) is 79.5 Å². The Kier molecular flexibility index (Phi) is 8.99. The van der Waals surface area contributed by atoms with Crippen molar-refractivity contribution in [2.24, 2.45) is 0 Å². The highest BCUT2D eigenvalue weighted by atomic mass is 79.9. The fourth-order valence-corrected chi connectivity index (χ4v) is 4.88. The SMILES string of the molecule is Cc1cc(Br)cc(Br)c1OCC(=O)NNC(=S)NC(=O)C(c1ccccc1)c1ccccc1. The molecule has 170 valence electrons. The second-order valence-corrected chi connectivity index (χ2v) is 9.25. The van der Waals surface area contributed by atoms with Crippen LogP contribution in [0.2, 0.25) is 0 Å². The number of ether oxygens (including phenoxy) is 1. The number of thiocarbonyl (C=S) groups is 1. The van der Waals surface area contributed by atoms with Gasteiger partial charge in [0, 0.05) is 4.47 Å². The fourth-order valence-electron chi connectivity index (χ4n) is 3.17. The molecule has 0 aliphatic heterocycles. The molecule has 6 nitrogen and oxygen atoms in total. The van der Waals surface area contributed by atoms with E-state index in [2.05, 4.69) is 48.0 Å². The minimum atomic E-state index is -0.552. The summed E-state index contributed by atoms with van der Waals surface area (Å²) < 4.78 is 7.23. The van der Waals surface area contributed by atoms with Crippen LogP contribution in [-0.2, 0) is 9.59 Å². The van der Waals surface area contributed by atoms with Gasteiger partial charge in [-0.2, -0.15) is 0 Å². The molecule has 0 aliphatic carbocycles. The van der Waals surface area contributed by atoms with Crippen LogP contribution in [0.4, 0.5) is 0 Å². The summed E-state index contributed by atoms with van der Waals surface area (Å²) in [4.78, 5) is 25.2. The Hall–Kier alpha value is -2.75. The maximum atomic E-state index is 13.0. The third-order valence-electron chi connectivity index (χ3n) is 4.62. The number of carbonyl (C=O) groups excluding carboxylic acids is 2. The van der Waals surface area contributed by atoms with Crippen LogP contribution in [0, 0.1) is 6.92 Å². The number of halogens is 2. The molecule has 3 aromatic rings. The zero-order valence-electron chi connectivity index (χ0n) is 17.6. The van der Waals surface area contributed by atoms with E-state index in [4.69, 9.17) is 17.0 Å². The highest BCUT2D eigenvalue weighted by Crippen LogP contribution is 2.32. The molecular formula is C24H21Br2N3O3S. The number of aryl methyl sites for hydroxylation is 1. The maximum Gasteiger partial charge on any atom is 0.276 e. The monoisotopic (exact) mass is 589 g/mol. The van der Waals surface area contributed by atoms with E-state index < -0.39 is 11.8 Å². The van der Waals surface area contributed by atoms with Crippen LogP contribution in [0.5, 0.6) is 5.75 Å². The van der Waals surface area contributed by atoms with Crippen LogP contribution in [0.25, 0.3) is 0 Å². The minimum Gasteiger partial charge on any atom is -0.482 e. The third kappa shape index (κ3) is 7.12. The lowest BCUT2D eigenvalue weighted by atomic mass is 9.90. The van der Waals surface area contributed by atoms with Crippen LogP contribution in [-0.4, -0.2) is 23.5 Å². The van der Waals surface area contributed by atoms with E-state index >= 15 is 0 Å². The molecule has 3 aromatic carbocycles. The number of rotatable bonds is 6. The van der Waals surface area contributed by atoms with Crippen molar-refractivity contribution in [1.82, 2.24) is 16.2 Å². The lowest BCUT2D eigenvalue weighted by Gasteiger charge is -2.19. The molecule has 0 saturated heterocycles. The molecule has 0 saturated carbocycles. The Labute approximate surface area is 214 Å². The molecule has 9 heteroatoms. The summed E-state index contributed by atoms with van der Waals surface area (Å²) in [5.74, 6) is -0.755. The molecule has 0 heterocycles. The molecule has 3 N–H and O–H groups in total. The van der Waals surface area contributed by atoms with Gasteiger partial charge in [0.15, 0.2) is 11.7 Å². The van der Waals surface area contributed by atoms with Gasteiger partial charge in [0.2, 0.25) is 5.91 Å². The average Bonchev–Trinajstić information content (AvgIpc) is 2.78. The Balaban J connectivity index is 1.56. The maximum absolute atomic E-state index is 13.0. The number of amides is 2. The first kappa shape index (κ1) is 24.9. The number of hydrogen-bond acceptors (Lipinski definition) is 4. The van der Waals surface area contributed by atoms with E-state index in [0.29, 0.717) is 5.75 Å². The standard InChI is InChI=1S/C24H21Br2N3O3S/c1-15-12-18(25)13-19(26)22(15)32-14-20(30)28-29-24(33)27-23(31)21(16-8-4-2-5-9-16)17-10-6-3-7-11-17/h2-13,21H,14H2,1H3,(H,28,30)(H2,27,29,31,33). The third-order valence-corrected chi connectivity index (χ3v) is 5.87. The van der Waals surface area contributed by atoms with Gasteiger partial charge in [0.25, 0.3) is 5.91 Å². The van der Waals surface area contributed by atoms with Crippen molar-refractivity contribution in [3.8, 4) is 5.75 Å². The first-order valence-corrected chi connectivity index (χ1v) is 11.9. The number of benzene rings is 3. The normalized spacial score (nSPS) is 10.4. The van der Waals surface area contributed by atoms with Crippen LogP contribution >= 0.6 is 44.1 Å². The first-order chi connectivity index (χ1) is 15.8. The van der Waals surface area contributed by atoms with Crippen LogP contribution in [0.3, 0.4) is 0 Å². The molecule has 0 aromatic heterocycles. The van der Waals surface area contributed by atoms with Gasteiger partial charge < -0.3 is 10.1 Å². The number of nitrogens with one attached hydrogen (secondary N) is 3. The predicted molar refractivity (Wildman–Crippen MR) is 139 cm³/mol. The van der Waals surface area contributed by atoms with Crippen molar-refractivity contribution in [2.75, 3.05) is 6.61 Å². The van der Waals surface area contributed by atoms with Crippen molar-refractivity contribution < 1.29 is 14.3 Å². The Bertz CT molecular complexity index is 1080. The van der Waals surface area contributed by atoms with Gasteiger partial charge >= 0.3 is 0 Å². The van der Waals surface area contributed by atoms with Gasteiger partial charge in [0.05, 0.1) is 10.4 Å². The Morgan fingerprint density at radius 2 is 1.52 bits per heavy atom. The summed E-state index contributed by atoms with van der Waals surface area (Å²) in [5.41, 5.74) is 7.51. The van der Waals surface area contributed by atoms with Crippen LogP contribution in [0.15, 0.2) is 81.7 Å². The Morgan fingerprint density at radius 1 is 0.939 bits per heavy atom. The van der Waals surface area contributed by atoms with E-state index in [9.17, 15) is 9.59 Å². The molecule has 0 atom stereocenters. The molecule has 0 fully saturated rings. The molecule has 2 amide bonds. The van der Waals surface area contributed by atoms with E-state index in [1.165, 1.54) is 0 Å². The molecule has 33 heavy (non-hydrogen) atoms. The predicted octanol–water partition coefficient (Wildman–Crippen LogP) is 4.75. The number of hydrogen-bond donors (Lipinski definition) is 3. The fraction of sp³-hybridized carbons (Fsp3) is 0.125. The average molecular weight is 591 g/mol. The van der Waals surface area contributed by atoms with E-state index in [1.807, 2.05) is 79.7 Å². The highest BCUT2D eigenvalue weighted by Gasteiger charge is 2.23. The van der Waals surface area contributed by atoms with Crippen LogP contribution < -0.4 is 20.9 Å². The van der Waals surface area contributed by atoms with Gasteiger partial charge in [-0.3, -0.25) is 20.4 Å².